The Bertz CT molecular complexity index is 1760. The number of benzene rings is 2. The maximum absolute atomic E-state index is 12.5. The summed E-state index contributed by atoms with van der Waals surface area (Å²) in [7, 11) is 0. The van der Waals surface area contributed by atoms with Crippen molar-refractivity contribution in [3.63, 3.8) is 0 Å². The molecule has 2 aromatic carbocycles. The van der Waals surface area contributed by atoms with Crippen molar-refractivity contribution >= 4 is 75.5 Å². The van der Waals surface area contributed by atoms with Crippen molar-refractivity contribution in [1.29, 1.82) is 0 Å². The lowest BCUT2D eigenvalue weighted by Gasteiger charge is -2.25. The summed E-state index contributed by atoms with van der Waals surface area (Å²) in [4.78, 5) is 37.7. The first kappa shape index (κ1) is 44.7. The number of fused-ring (bicyclic) bond motifs is 1. The fourth-order valence-electron chi connectivity index (χ4n) is 5.08. The molecule has 2 amide bonds. The van der Waals surface area contributed by atoms with Crippen LogP contribution in [0.1, 0.15) is 43.6 Å². The van der Waals surface area contributed by atoms with Gasteiger partial charge in [-0.1, -0.05) is 89.6 Å². The second kappa shape index (κ2) is 23.3. The Labute approximate surface area is 330 Å². The minimum atomic E-state index is -1.01. The fraction of sp³-hybridized carbons (Fsp3) is 0.405. The van der Waals surface area contributed by atoms with Gasteiger partial charge in [0, 0.05) is 38.7 Å². The minimum absolute atomic E-state index is 0.0371. The monoisotopic (exact) mass is 813 g/mol. The number of carbonyl (C=O) groups is 2. The summed E-state index contributed by atoms with van der Waals surface area (Å²) in [6.45, 7) is 15.4. The molecule has 0 saturated heterocycles. The molecule has 1 aliphatic heterocycles. The van der Waals surface area contributed by atoms with Crippen molar-refractivity contribution < 1.29 is 19.1 Å². The summed E-state index contributed by atoms with van der Waals surface area (Å²) >= 11 is 28.8. The number of aryl methyl sites for hydroxylation is 3. The Kier molecular flexibility index (Phi) is 20.0. The van der Waals surface area contributed by atoms with Crippen LogP contribution in [0, 0.1) is 19.3 Å². The molecule has 2 heterocycles. The molecule has 0 atom stereocenters. The molecule has 0 bridgehead atoms. The van der Waals surface area contributed by atoms with Gasteiger partial charge in [-0.15, -0.1) is 36.3 Å². The number of rotatable bonds is 14. The second-order valence-electron chi connectivity index (χ2n) is 11.1. The van der Waals surface area contributed by atoms with Crippen LogP contribution in [0.5, 0.6) is 5.75 Å². The molecule has 282 valence electrons. The summed E-state index contributed by atoms with van der Waals surface area (Å²) in [5.74, 6) is 3.02. The van der Waals surface area contributed by atoms with E-state index < -0.39 is 4.84 Å². The van der Waals surface area contributed by atoms with Crippen molar-refractivity contribution in [3.8, 4) is 23.8 Å². The van der Waals surface area contributed by atoms with Gasteiger partial charge in [0.2, 0.25) is 5.91 Å². The van der Waals surface area contributed by atoms with Crippen LogP contribution < -0.4 is 15.3 Å². The molecule has 1 aromatic heterocycles. The summed E-state index contributed by atoms with van der Waals surface area (Å²) in [6.07, 6.45) is 12.1. The van der Waals surface area contributed by atoms with Crippen molar-refractivity contribution in [2.45, 2.75) is 57.8 Å². The van der Waals surface area contributed by atoms with Gasteiger partial charge in [-0.3, -0.25) is 19.1 Å². The van der Waals surface area contributed by atoms with E-state index in [2.05, 4.69) is 31.1 Å². The lowest BCUT2D eigenvalue weighted by molar-refractivity contribution is -0.128. The van der Waals surface area contributed by atoms with Gasteiger partial charge in [-0.2, -0.15) is 4.68 Å². The number of nitrogens with zero attached hydrogens (tertiary/aromatic N) is 5. The van der Waals surface area contributed by atoms with Gasteiger partial charge in [0.05, 0.1) is 21.4 Å². The van der Waals surface area contributed by atoms with Crippen LogP contribution in [-0.4, -0.2) is 74.8 Å². The molecule has 0 radical (unpaired) electrons. The van der Waals surface area contributed by atoms with Crippen molar-refractivity contribution in [3.05, 3.63) is 93.1 Å². The lowest BCUT2D eigenvalue weighted by atomic mass is 10.0. The Morgan fingerprint density at radius 2 is 1.81 bits per heavy atom. The molecule has 4 rings (SSSR count). The van der Waals surface area contributed by atoms with Crippen LogP contribution in [0.3, 0.4) is 0 Å². The van der Waals surface area contributed by atoms with Crippen LogP contribution in [0.4, 0.5) is 5.69 Å². The number of hydrogen-bond donors (Lipinski definition) is 0. The Balaban J connectivity index is 0.000000283. The third-order valence-electron chi connectivity index (χ3n) is 7.52. The molecule has 0 saturated carbocycles. The number of ether oxygens (including phenoxy) is 2. The average molecular weight is 816 g/mol. The summed E-state index contributed by atoms with van der Waals surface area (Å²) < 4.78 is 13.7. The molecule has 10 nitrogen and oxygen atoms in total. The Hall–Kier alpha value is -3.43. The smallest absolute Gasteiger partial charge is 0.350 e. The zero-order valence-electron chi connectivity index (χ0n) is 29.6. The molecule has 15 heteroatoms. The minimum Gasteiger partial charge on any atom is -0.479 e. The largest absolute Gasteiger partial charge is 0.479 e. The number of aromatic nitrogens is 3. The molecule has 0 spiro atoms. The molecule has 0 aliphatic carbocycles. The number of carbonyl (C=O) groups excluding carboxylic acids is 2. The van der Waals surface area contributed by atoms with Crippen LogP contribution >= 0.6 is 58.0 Å². The molecule has 0 N–H and O–H groups in total. The van der Waals surface area contributed by atoms with Crippen molar-refractivity contribution in [2.75, 3.05) is 43.8 Å². The maximum atomic E-state index is 12.5. The summed E-state index contributed by atoms with van der Waals surface area (Å²) in [5, 5.41) is 5.04. The number of terminal acetylenes is 1. The van der Waals surface area contributed by atoms with Gasteiger partial charge in [0.15, 0.2) is 4.84 Å². The van der Waals surface area contributed by atoms with Crippen LogP contribution in [0.15, 0.2) is 60.4 Å². The second-order valence-corrected chi connectivity index (χ2v) is 13.3. The van der Waals surface area contributed by atoms with E-state index in [1.165, 1.54) is 15.6 Å². The highest BCUT2D eigenvalue weighted by Crippen LogP contribution is 2.33. The van der Waals surface area contributed by atoms with Gasteiger partial charge in [0.25, 0.3) is 5.91 Å². The third-order valence-corrected chi connectivity index (χ3v) is 8.72. The lowest BCUT2D eigenvalue weighted by Crippen LogP contribution is -2.35. The van der Waals surface area contributed by atoms with Crippen LogP contribution in [0.25, 0.3) is 5.69 Å². The fourth-order valence-corrected chi connectivity index (χ4v) is 6.02. The van der Waals surface area contributed by atoms with Gasteiger partial charge < -0.3 is 14.4 Å². The quantitative estimate of drug-likeness (QED) is 0.0714. The van der Waals surface area contributed by atoms with E-state index in [9.17, 15) is 14.4 Å². The summed E-state index contributed by atoms with van der Waals surface area (Å²) in [5.41, 5.74) is 3.35. The average Bonchev–Trinajstić information content (AvgIpc) is 3.47. The summed E-state index contributed by atoms with van der Waals surface area (Å²) in [6, 6.07) is 9.14. The number of anilines is 1. The zero-order valence-corrected chi connectivity index (χ0v) is 33.3. The number of amides is 2. The molecule has 52 heavy (non-hydrogen) atoms. The normalized spacial score (nSPS) is 11.5. The third kappa shape index (κ3) is 12.6. The number of para-hydroxylation sites is 1. The molecular weight excluding hydrogens is 772 g/mol. The number of hydrogen-bond acceptors (Lipinski definition) is 6. The number of alkyl halides is 3. The van der Waals surface area contributed by atoms with Gasteiger partial charge in [0.1, 0.15) is 30.8 Å². The topological polar surface area (TPSA) is 98.9 Å². The van der Waals surface area contributed by atoms with E-state index in [-0.39, 0.29) is 36.7 Å². The first-order valence-electron chi connectivity index (χ1n) is 16.5. The molecule has 0 fully saturated rings. The van der Waals surface area contributed by atoms with Crippen molar-refractivity contribution in [2.24, 2.45) is 0 Å². The Morgan fingerprint density at radius 3 is 2.37 bits per heavy atom. The van der Waals surface area contributed by atoms with Gasteiger partial charge in [-0.25, -0.2) is 4.79 Å². The van der Waals surface area contributed by atoms with Crippen LogP contribution in [0.2, 0.25) is 10.0 Å². The number of halogens is 5. The molecular formula is C37H44Cl5N5O5. The van der Waals surface area contributed by atoms with E-state index in [0.29, 0.717) is 47.7 Å². The van der Waals surface area contributed by atoms with Gasteiger partial charge >= 0.3 is 5.69 Å². The van der Waals surface area contributed by atoms with E-state index >= 15 is 0 Å². The standard InChI is InChI=1S/C15H13Cl2N3O2.C14H20ClNO2.C8H11Cl2NO/c1-2-7-22-13-9-12(10(16)8-11(13)17)20-15(21)19-6-4-3-5-14(19)18-20;1-4-12-8-6-7-11(3)14(12)16(10-18-5-2)13(17)9-15;1-3-5-11(6-4-2)8(12)7(9)10/h1,8-9H,3-7H2;6-8H,4-5,9-10H2,1-3H3;3-4,7H,1-2,5-6H2. The first-order chi connectivity index (χ1) is 24.9. The zero-order chi connectivity index (χ0) is 38.8. The molecule has 1 aliphatic rings. The molecule has 3 aromatic rings. The SMILES string of the molecule is C#CCOc1cc(-n2nc3n(c2=O)CCCC3)c(Cl)cc1Cl.C=CCN(CC=C)C(=O)C(Cl)Cl.CCOCN(C(=O)CCl)c1c(C)cccc1CC. The highest BCUT2D eigenvalue weighted by molar-refractivity contribution is 6.53. The van der Waals surface area contributed by atoms with E-state index in [1.54, 1.807) is 27.7 Å². The first-order valence-corrected chi connectivity index (χ1v) is 18.6. The van der Waals surface area contributed by atoms with Crippen LogP contribution in [-0.2, 0) is 33.7 Å². The van der Waals surface area contributed by atoms with E-state index in [4.69, 9.17) is 73.9 Å². The Morgan fingerprint density at radius 1 is 1.12 bits per heavy atom. The van der Waals surface area contributed by atoms with E-state index in [0.717, 1.165) is 48.3 Å². The highest BCUT2D eigenvalue weighted by atomic mass is 35.5. The maximum Gasteiger partial charge on any atom is 0.350 e. The molecule has 0 unspecified atom stereocenters. The van der Waals surface area contributed by atoms with E-state index in [1.807, 2.05) is 32.0 Å². The highest BCUT2D eigenvalue weighted by Gasteiger charge is 2.21. The predicted molar refractivity (Wildman–Crippen MR) is 213 cm³/mol. The van der Waals surface area contributed by atoms with Gasteiger partial charge in [-0.05, 0) is 50.3 Å². The predicted octanol–water partition coefficient (Wildman–Crippen LogP) is 7.80. The van der Waals surface area contributed by atoms with Crippen molar-refractivity contribution in [1.82, 2.24) is 19.2 Å².